The van der Waals surface area contributed by atoms with Crippen LogP contribution in [0.1, 0.15) is 32.1 Å². The predicted octanol–water partition coefficient (Wildman–Crippen LogP) is 3.06. The lowest BCUT2D eigenvalue weighted by Crippen LogP contribution is -2.28. The van der Waals surface area contributed by atoms with E-state index in [9.17, 15) is 0 Å². The molecule has 0 heterocycles. The van der Waals surface area contributed by atoms with Crippen molar-refractivity contribution in [3.63, 3.8) is 0 Å². The summed E-state index contributed by atoms with van der Waals surface area (Å²) >= 11 is 0. The molecule has 0 N–H and O–H groups in total. The molecule has 1 spiro atoms. The Bertz CT molecular complexity index is 188. The van der Waals surface area contributed by atoms with Crippen LogP contribution in [0.4, 0.5) is 0 Å². The molecule has 1 saturated carbocycles. The summed E-state index contributed by atoms with van der Waals surface area (Å²) in [5, 5.41) is 0. The van der Waals surface area contributed by atoms with Crippen molar-refractivity contribution in [3.05, 3.63) is 24.3 Å². The Labute approximate surface area is 62.6 Å². The second kappa shape index (κ2) is 1.98. The average Bonchev–Trinajstić information content (AvgIpc) is 1.85. The number of hydrogen-bond acceptors (Lipinski definition) is 0. The van der Waals surface area contributed by atoms with E-state index in [-0.39, 0.29) is 0 Å². The molecule has 54 valence electrons. The zero-order valence-corrected chi connectivity index (χ0v) is 6.40. The molecule has 1 atom stereocenters. The number of allylic oxidation sites excluding steroid dienone is 3. The third kappa shape index (κ3) is 0.681. The molecule has 1 fully saturated rings. The standard InChI is InChI=1S/C10H14/c1-9-5-2-3-6-10(9)7-4-8-10/h4,7H,1-3,5-6,8H2. The van der Waals surface area contributed by atoms with Gasteiger partial charge in [-0.1, -0.05) is 30.7 Å². The molecule has 0 aromatic rings. The first kappa shape index (κ1) is 6.21. The Morgan fingerprint density at radius 3 is 2.60 bits per heavy atom. The molecule has 10 heavy (non-hydrogen) atoms. The summed E-state index contributed by atoms with van der Waals surface area (Å²) in [5.74, 6) is 0. The fourth-order valence-electron chi connectivity index (χ4n) is 2.05. The first-order valence-electron chi connectivity index (χ1n) is 4.19. The van der Waals surface area contributed by atoms with Gasteiger partial charge in [0.25, 0.3) is 0 Å². The lowest BCUT2D eigenvalue weighted by Gasteiger charge is -2.41. The molecule has 0 aliphatic heterocycles. The zero-order chi connectivity index (χ0) is 7.03. The van der Waals surface area contributed by atoms with E-state index in [4.69, 9.17) is 0 Å². The largest absolute Gasteiger partial charge is 0.0990 e. The van der Waals surface area contributed by atoms with E-state index in [1.165, 1.54) is 37.7 Å². The predicted molar refractivity (Wildman–Crippen MR) is 43.8 cm³/mol. The van der Waals surface area contributed by atoms with Crippen LogP contribution in [0.2, 0.25) is 0 Å². The van der Waals surface area contributed by atoms with Gasteiger partial charge < -0.3 is 0 Å². The van der Waals surface area contributed by atoms with E-state index in [0.717, 1.165) is 0 Å². The Kier molecular flexibility index (Phi) is 1.23. The van der Waals surface area contributed by atoms with Crippen LogP contribution < -0.4 is 0 Å². The third-order valence-electron chi connectivity index (χ3n) is 2.97. The van der Waals surface area contributed by atoms with E-state index in [1.54, 1.807) is 0 Å². The van der Waals surface area contributed by atoms with Crippen molar-refractivity contribution in [1.82, 2.24) is 0 Å². The topological polar surface area (TPSA) is 0 Å². The van der Waals surface area contributed by atoms with Crippen LogP contribution in [0.5, 0.6) is 0 Å². The van der Waals surface area contributed by atoms with E-state index in [0.29, 0.717) is 5.41 Å². The summed E-state index contributed by atoms with van der Waals surface area (Å²) in [6.07, 6.45) is 11.3. The molecule has 2 rings (SSSR count). The molecule has 0 bridgehead atoms. The van der Waals surface area contributed by atoms with Crippen molar-refractivity contribution in [2.75, 3.05) is 0 Å². The molecule has 0 amide bonds. The molecule has 0 saturated heterocycles. The van der Waals surface area contributed by atoms with Crippen molar-refractivity contribution < 1.29 is 0 Å². The molecule has 2 aliphatic carbocycles. The molecule has 0 heteroatoms. The van der Waals surface area contributed by atoms with Gasteiger partial charge in [-0.25, -0.2) is 0 Å². The third-order valence-corrected chi connectivity index (χ3v) is 2.97. The Balaban J connectivity index is 2.19. The molecule has 0 nitrogen and oxygen atoms in total. The minimum Gasteiger partial charge on any atom is -0.0990 e. The second-order valence-electron chi connectivity index (χ2n) is 3.57. The number of hydrogen-bond donors (Lipinski definition) is 0. The van der Waals surface area contributed by atoms with Gasteiger partial charge in [-0.15, -0.1) is 0 Å². The van der Waals surface area contributed by atoms with Gasteiger partial charge in [0.1, 0.15) is 0 Å². The normalized spacial score (nSPS) is 38.2. The van der Waals surface area contributed by atoms with Crippen LogP contribution in [0, 0.1) is 5.41 Å². The minimum atomic E-state index is 0.484. The SMILES string of the molecule is C=C1CCCCC12C=CC2. The van der Waals surface area contributed by atoms with Gasteiger partial charge in [-0.3, -0.25) is 0 Å². The van der Waals surface area contributed by atoms with E-state index >= 15 is 0 Å². The lowest BCUT2D eigenvalue weighted by atomic mass is 9.64. The highest BCUT2D eigenvalue weighted by Crippen LogP contribution is 2.48. The van der Waals surface area contributed by atoms with Crippen molar-refractivity contribution >= 4 is 0 Å². The fraction of sp³-hybridized carbons (Fsp3) is 0.600. The van der Waals surface area contributed by atoms with Crippen LogP contribution >= 0.6 is 0 Å². The van der Waals surface area contributed by atoms with Crippen molar-refractivity contribution in [2.45, 2.75) is 32.1 Å². The summed E-state index contributed by atoms with van der Waals surface area (Å²) in [6.45, 7) is 4.14. The van der Waals surface area contributed by atoms with Crippen LogP contribution in [0.3, 0.4) is 0 Å². The average molecular weight is 134 g/mol. The highest BCUT2D eigenvalue weighted by atomic mass is 14.4. The molecular formula is C10H14. The molecular weight excluding hydrogens is 120 g/mol. The Morgan fingerprint density at radius 2 is 2.20 bits per heavy atom. The highest BCUT2D eigenvalue weighted by molar-refractivity contribution is 5.29. The smallest absolute Gasteiger partial charge is 0.0122 e. The van der Waals surface area contributed by atoms with Gasteiger partial charge in [0, 0.05) is 5.41 Å². The van der Waals surface area contributed by atoms with Crippen LogP contribution in [0.15, 0.2) is 24.3 Å². The van der Waals surface area contributed by atoms with Crippen molar-refractivity contribution in [1.29, 1.82) is 0 Å². The molecule has 0 aromatic carbocycles. The monoisotopic (exact) mass is 134 g/mol. The Morgan fingerprint density at radius 1 is 1.40 bits per heavy atom. The lowest BCUT2D eigenvalue weighted by molar-refractivity contribution is 0.325. The van der Waals surface area contributed by atoms with Crippen molar-refractivity contribution in [3.8, 4) is 0 Å². The maximum Gasteiger partial charge on any atom is 0.0122 e. The molecule has 2 aliphatic rings. The van der Waals surface area contributed by atoms with E-state index in [2.05, 4.69) is 18.7 Å². The van der Waals surface area contributed by atoms with Crippen LogP contribution in [-0.4, -0.2) is 0 Å². The molecule has 1 unspecified atom stereocenters. The van der Waals surface area contributed by atoms with Gasteiger partial charge in [-0.2, -0.15) is 0 Å². The zero-order valence-electron chi connectivity index (χ0n) is 6.40. The highest BCUT2D eigenvalue weighted by Gasteiger charge is 2.35. The van der Waals surface area contributed by atoms with Gasteiger partial charge in [0.2, 0.25) is 0 Å². The summed E-state index contributed by atoms with van der Waals surface area (Å²) in [5.41, 5.74) is 1.97. The minimum absolute atomic E-state index is 0.484. The maximum atomic E-state index is 4.14. The first-order valence-corrected chi connectivity index (χ1v) is 4.19. The summed E-state index contributed by atoms with van der Waals surface area (Å²) in [4.78, 5) is 0. The van der Waals surface area contributed by atoms with Crippen LogP contribution in [-0.2, 0) is 0 Å². The number of rotatable bonds is 0. The van der Waals surface area contributed by atoms with Gasteiger partial charge in [-0.05, 0) is 25.7 Å². The van der Waals surface area contributed by atoms with Gasteiger partial charge >= 0.3 is 0 Å². The summed E-state index contributed by atoms with van der Waals surface area (Å²) in [7, 11) is 0. The molecule has 0 aromatic heterocycles. The second-order valence-corrected chi connectivity index (χ2v) is 3.57. The quantitative estimate of drug-likeness (QED) is 0.447. The van der Waals surface area contributed by atoms with E-state index < -0.39 is 0 Å². The van der Waals surface area contributed by atoms with Gasteiger partial charge in [0.15, 0.2) is 0 Å². The van der Waals surface area contributed by atoms with Gasteiger partial charge in [0.05, 0.1) is 0 Å². The Hall–Kier alpha value is -0.520. The first-order chi connectivity index (χ1) is 4.83. The van der Waals surface area contributed by atoms with Crippen LogP contribution in [0.25, 0.3) is 0 Å². The van der Waals surface area contributed by atoms with E-state index in [1.807, 2.05) is 0 Å². The van der Waals surface area contributed by atoms with Crippen molar-refractivity contribution in [2.24, 2.45) is 5.41 Å². The maximum absolute atomic E-state index is 4.14. The molecule has 0 radical (unpaired) electrons. The fourth-order valence-corrected chi connectivity index (χ4v) is 2.05. The summed E-state index contributed by atoms with van der Waals surface area (Å²) < 4.78 is 0. The summed E-state index contributed by atoms with van der Waals surface area (Å²) in [6, 6.07) is 0.